The van der Waals surface area contributed by atoms with Gasteiger partial charge in [-0.15, -0.1) is 0 Å². The number of urea groups is 1. The average molecular weight is 447 g/mol. The lowest BCUT2D eigenvalue weighted by atomic mass is 10.1. The monoisotopic (exact) mass is 447 g/mol. The molecule has 0 unspecified atom stereocenters. The van der Waals surface area contributed by atoms with Crippen LogP contribution in [0.1, 0.15) is 36.9 Å². The van der Waals surface area contributed by atoms with Crippen LogP contribution < -0.4 is 21.5 Å². The Balaban J connectivity index is 0.000000423. The lowest BCUT2D eigenvalue weighted by molar-refractivity contribution is -0.192. The number of halogens is 3. The standard InChI is InChI=1S/C16H23N5O3.C2HF3O2/c22-14(20-16(24)19-11-3-1-2-4-11)9-21-10-18-13-6-8-17-7-5-12(13)15(21)23;3-2(4,5)1(6)7/h10-11,17H,1-9H2,(H2,19,20,22,24);(H,6,7). The fourth-order valence-electron chi connectivity index (χ4n) is 3.30. The number of fused-ring (bicyclic) bond motifs is 1. The summed E-state index contributed by atoms with van der Waals surface area (Å²) in [5.41, 5.74) is 1.25. The fourth-order valence-corrected chi connectivity index (χ4v) is 3.30. The van der Waals surface area contributed by atoms with Crippen LogP contribution in [0.5, 0.6) is 0 Å². The van der Waals surface area contributed by atoms with Gasteiger partial charge in [0.15, 0.2) is 0 Å². The summed E-state index contributed by atoms with van der Waals surface area (Å²) >= 11 is 0. The molecule has 4 N–H and O–H groups in total. The number of carboxylic acids is 1. The van der Waals surface area contributed by atoms with Crippen molar-refractivity contribution in [1.29, 1.82) is 0 Å². The largest absolute Gasteiger partial charge is 0.490 e. The third-order valence-corrected chi connectivity index (χ3v) is 4.81. The van der Waals surface area contributed by atoms with Crippen LogP contribution in [0.25, 0.3) is 0 Å². The normalized spacial score (nSPS) is 16.4. The summed E-state index contributed by atoms with van der Waals surface area (Å²) in [6.45, 7) is 1.32. The van der Waals surface area contributed by atoms with Gasteiger partial charge in [-0.1, -0.05) is 12.8 Å². The van der Waals surface area contributed by atoms with E-state index >= 15 is 0 Å². The molecule has 1 aliphatic carbocycles. The summed E-state index contributed by atoms with van der Waals surface area (Å²) in [6, 6.07) is -0.353. The van der Waals surface area contributed by atoms with E-state index in [9.17, 15) is 27.6 Å². The molecule has 0 saturated heterocycles. The van der Waals surface area contributed by atoms with E-state index in [1.54, 1.807) is 0 Å². The van der Waals surface area contributed by atoms with Crippen LogP contribution >= 0.6 is 0 Å². The van der Waals surface area contributed by atoms with Crippen molar-refractivity contribution in [3.63, 3.8) is 0 Å². The SMILES string of the molecule is O=C(Cn1cnc2c(c1=O)CCNCC2)NC(=O)NC1CCCC1.O=C(O)C(F)(F)F. The van der Waals surface area contributed by atoms with Gasteiger partial charge in [-0.25, -0.2) is 14.6 Å². The van der Waals surface area contributed by atoms with Gasteiger partial charge in [0.25, 0.3) is 5.56 Å². The van der Waals surface area contributed by atoms with E-state index in [1.807, 2.05) is 0 Å². The van der Waals surface area contributed by atoms with E-state index in [2.05, 4.69) is 20.9 Å². The lowest BCUT2D eigenvalue weighted by Gasteiger charge is -2.13. The zero-order valence-electron chi connectivity index (χ0n) is 16.6. The van der Waals surface area contributed by atoms with E-state index in [-0.39, 0.29) is 18.1 Å². The zero-order valence-corrected chi connectivity index (χ0v) is 16.6. The van der Waals surface area contributed by atoms with Crippen LogP contribution in [0.4, 0.5) is 18.0 Å². The molecule has 31 heavy (non-hydrogen) atoms. The molecule has 0 atom stereocenters. The van der Waals surface area contributed by atoms with Crippen LogP contribution in [-0.4, -0.2) is 57.9 Å². The number of alkyl halides is 3. The molecule has 1 fully saturated rings. The Labute approximate surface area is 175 Å². The van der Waals surface area contributed by atoms with Gasteiger partial charge in [0.1, 0.15) is 6.54 Å². The molecule has 3 rings (SSSR count). The highest BCUT2D eigenvalue weighted by Gasteiger charge is 2.38. The van der Waals surface area contributed by atoms with Crippen molar-refractivity contribution in [3.8, 4) is 0 Å². The molecule has 1 aliphatic heterocycles. The lowest BCUT2D eigenvalue weighted by Crippen LogP contribution is -2.45. The Morgan fingerprint density at radius 1 is 1.19 bits per heavy atom. The summed E-state index contributed by atoms with van der Waals surface area (Å²) in [5.74, 6) is -3.27. The van der Waals surface area contributed by atoms with Crippen LogP contribution in [-0.2, 0) is 29.0 Å². The molecule has 3 amide bonds. The molecule has 1 saturated carbocycles. The first-order valence-corrected chi connectivity index (χ1v) is 9.76. The number of nitrogens with one attached hydrogen (secondary N) is 3. The molecule has 0 aromatic carbocycles. The summed E-state index contributed by atoms with van der Waals surface area (Å²) in [5, 5.41) is 15.4. The number of carbonyl (C=O) groups is 3. The van der Waals surface area contributed by atoms with Gasteiger partial charge >= 0.3 is 18.2 Å². The smallest absolute Gasteiger partial charge is 0.475 e. The number of amides is 3. The molecule has 2 heterocycles. The summed E-state index contributed by atoms with van der Waals surface area (Å²) < 4.78 is 33.0. The average Bonchev–Trinajstić information content (AvgIpc) is 3.05. The van der Waals surface area contributed by atoms with Crippen molar-refractivity contribution < 1.29 is 32.7 Å². The van der Waals surface area contributed by atoms with Gasteiger partial charge < -0.3 is 15.7 Å². The second-order valence-corrected chi connectivity index (χ2v) is 7.16. The van der Waals surface area contributed by atoms with Crippen LogP contribution in [0.2, 0.25) is 0 Å². The Kier molecular flexibility index (Phi) is 8.54. The molecular formula is C18H24F3N5O5. The number of hydrogen-bond acceptors (Lipinski definition) is 6. The van der Waals surface area contributed by atoms with Gasteiger partial charge in [-0.3, -0.25) is 19.5 Å². The molecule has 0 spiro atoms. The zero-order chi connectivity index (χ0) is 23.0. The summed E-state index contributed by atoms with van der Waals surface area (Å²) in [4.78, 5) is 49.5. The number of imide groups is 1. The van der Waals surface area contributed by atoms with Gasteiger partial charge in [-0.2, -0.15) is 13.2 Å². The van der Waals surface area contributed by atoms with Crippen molar-refractivity contribution in [1.82, 2.24) is 25.5 Å². The molecule has 0 bridgehead atoms. The number of carboxylic acid groups (broad SMARTS) is 1. The van der Waals surface area contributed by atoms with E-state index < -0.39 is 24.1 Å². The van der Waals surface area contributed by atoms with Gasteiger partial charge in [-0.05, 0) is 25.8 Å². The second kappa shape index (κ2) is 10.9. The first kappa shape index (κ1) is 24.3. The Hall–Kier alpha value is -2.96. The first-order valence-electron chi connectivity index (χ1n) is 9.76. The Morgan fingerprint density at radius 3 is 2.42 bits per heavy atom. The molecule has 2 aliphatic rings. The van der Waals surface area contributed by atoms with Crippen molar-refractivity contribution in [2.45, 2.75) is 57.3 Å². The van der Waals surface area contributed by atoms with Crippen molar-refractivity contribution in [2.24, 2.45) is 0 Å². The van der Waals surface area contributed by atoms with Crippen LogP contribution in [0, 0.1) is 0 Å². The maximum Gasteiger partial charge on any atom is 0.490 e. The third-order valence-electron chi connectivity index (χ3n) is 4.81. The topological polar surface area (TPSA) is 142 Å². The van der Waals surface area contributed by atoms with Gasteiger partial charge in [0.2, 0.25) is 5.91 Å². The summed E-state index contributed by atoms with van der Waals surface area (Å²) in [7, 11) is 0. The van der Waals surface area contributed by atoms with E-state index in [1.165, 1.54) is 10.9 Å². The minimum atomic E-state index is -5.08. The Bertz CT molecular complexity index is 865. The third kappa shape index (κ3) is 7.66. The molecule has 1 aromatic rings. The molecular weight excluding hydrogens is 423 g/mol. The van der Waals surface area contributed by atoms with E-state index in [4.69, 9.17) is 9.90 Å². The first-order chi connectivity index (χ1) is 14.6. The van der Waals surface area contributed by atoms with Gasteiger partial charge in [0, 0.05) is 24.6 Å². The second-order valence-electron chi connectivity index (χ2n) is 7.16. The van der Waals surface area contributed by atoms with Crippen LogP contribution in [0.15, 0.2) is 11.1 Å². The highest BCUT2D eigenvalue weighted by Crippen LogP contribution is 2.17. The highest BCUT2D eigenvalue weighted by atomic mass is 19.4. The van der Waals surface area contributed by atoms with Crippen molar-refractivity contribution in [2.75, 3.05) is 13.1 Å². The quantitative estimate of drug-likeness (QED) is 0.523. The maximum absolute atomic E-state index is 12.5. The fraction of sp³-hybridized carbons (Fsp3) is 0.611. The van der Waals surface area contributed by atoms with E-state index in [0.717, 1.165) is 44.5 Å². The number of hydrogen-bond donors (Lipinski definition) is 4. The Morgan fingerprint density at radius 2 is 1.81 bits per heavy atom. The molecule has 13 heteroatoms. The van der Waals surface area contributed by atoms with Crippen molar-refractivity contribution in [3.05, 3.63) is 27.9 Å². The van der Waals surface area contributed by atoms with E-state index in [0.29, 0.717) is 18.4 Å². The van der Waals surface area contributed by atoms with Crippen LogP contribution in [0.3, 0.4) is 0 Å². The number of aliphatic carboxylic acids is 1. The maximum atomic E-state index is 12.5. The number of rotatable bonds is 3. The molecule has 0 radical (unpaired) electrons. The number of nitrogens with zero attached hydrogens (tertiary/aromatic N) is 2. The minimum Gasteiger partial charge on any atom is -0.475 e. The van der Waals surface area contributed by atoms with Gasteiger partial charge in [0.05, 0.1) is 12.0 Å². The molecule has 10 nitrogen and oxygen atoms in total. The summed E-state index contributed by atoms with van der Waals surface area (Å²) in [6.07, 6.45) is 1.72. The predicted molar refractivity (Wildman–Crippen MR) is 101 cm³/mol. The predicted octanol–water partition coefficient (Wildman–Crippen LogP) is 0.333. The van der Waals surface area contributed by atoms with Crippen molar-refractivity contribution >= 4 is 17.9 Å². The minimum absolute atomic E-state index is 0.141. The molecule has 172 valence electrons. The number of aromatic nitrogens is 2. The number of carbonyl (C=O) groups excluding carboxylic acids is 2. The highest BCUT2D eigenvalue weighted by molar-refractivity contribution is 5.94. The molecule has 1 aromatic heterocycles.